The van der Waals surface area contributed by atoms with Crippen LogP contribution in [-0.2, 0) is 11.2 Å². The highest BCUT2D eigenvalue weighted by Gasteiger charge is 2.25. The molecule has 0 aliphatic carbocycles. The molecule has 1 aliphatic rings. The highest BCUT2D eigenvalue weighted by Crippen LogP contribution is 2.31. The van der Waals surface area contributed by atoms with Gasteiger partial charge < -0.3 is 10.6 Å². The van der Waals surface area contributed by atoms with E-state index in [2.05, 4.69) is 39.0 Å². The van der Waals surface area contributed by atoms with Crippen LogP contribution >= 0.6 is 0 Å². The van der Waals surface area contributed by atoms with Crippen molar-refractivity contribution in [2.45, 2.75) is 52.9 Å². The Balaban J connectivity index is 2.05. The maximum Gasteiger partial charge on any atom is 0.227 e. The van der Waals surface area contributed by atoms with Crippen molar-refractivity contribution in [3.63, 3.8) is 0 Å². The number of nitrogens with two attached hydrogens (primary N) is 1. The molecule has 116 valence electrons. The average Bonchev–Trinajstić information content (AvgIpc) is 2.44. The molecule has 21 heavy (non-hydrogen) atoms. The van der Waals surface area contributed by atoms with Gasteiger partial charge in [-0.3, -0.25) is 4.79 Å². The molecule has 2 rings (SSSR count). The fourth-order valence-electron chi connectivity index (χ4n) is 3.08. The van der Waals surface area contributed by atoms with Gasteiger partial charge in [0.1, 0.15) is 0 Å². The van der Waals surface area contributed by atoms with E-state index in [0.29, 0.717) is 13.0 Å². The van der Waals surface area contributed by atoms with E-state index in [1.54, 1.807) is 0 Å². The van der Waals surface area contributed by atoms with Crippen molar-refractivity contribution in [3.8, 4) is 0 Å². The summed E-state index contributed by atoms with van der Waals surface area (Å²) >= 11 is 0. The highest BCUT2D eigenvalue weighted by atomic mass is 16.2. The molecule has 1 aliphatic heterocycles. The summed E-state index contributed by atoms with van der Waals surface area (Å²) < 4.78 is 0. The average molecular weight is 288 g/mol. The standard InChI is InChI=1S/C18H28N2O/c1-14-6-7-16-15(13-14)5-4-12-20(16)17(21)8-9-18(2,3)10-11-19/h6-7,13H,4-5,8-12,19H2,1-3H3. The lowest BCUT2D eigenvalue weighted by Crippen LogP contribution is -2.36. The van der Waals surface area contributed by atoms with E-state index >= 15 is 0 Å². The number of amides is 1. The number of hydrogen-bond donors (Lipinski definition) is 1. The van der Waals surface area contributed by atoms with E-state index < -0.39 is 0 Å². The number of aryl methyl sites for hydroxylation is 2. The first-order valence-electron chi connectivity index (χ1n) is 8.03. The number of fused-ring (bicyclic) bond motifs is 1. The summed E-state index contributed by atoms with van der Waals surface area (Å²) in [6.07, 6.45) is 4.63. The van der Waals surface area contributed by atoms with Gasteiger partial charge in [0.05, 0.1) is 0 Å². The van der Waals surface area contributed by atoms with Crippen LogP contribution in [-0.4, -0.2) is 19.0 Å². The molecular weight excluding hydrogens is 260 g/mol. The van der Waals surface area contributed by atoms with Crippen molar-refractivity contribution < 1.29 is 4.79 Å². The second-order valence-corrected chi connectivity index (χ2v) is 6.98. The Morgan fingerprint density at radius 2 is 2.10 bits per heavy atom. The summed E-state index contributed by atoms with van der Waals surface area (Å²) in [7, 11) is 0. The first-order chi connectivity index (χ1) is 9.93. The number of carbonyl (C=O) groups is 1. The summed E-state index contributed by atoms with van der Waals surface area (Å²) in [5.41, 5.74) is 9.50. The van der Waals surface area contributed by atoms with Gasteiger partial charge in [0.15, 0.2) is 0 Å². The van der Waals surface area contributed by atoms with E-state index in [0.717, 1.165) is 37.9 Å². The second kappa shape index (κ2) is 6.61. The number of hydrogen-bond acceptors (Lipinski definition) is 2. The number of rotatable bonds is 5. The molecule has 3 heteroatoms. The maximum absolute atomic E-state index is 12.6. The van der Waals surface area contributed by atoms with Gasteiger partial charge >= 0.3 is 0 Å². The normalized spacial score (nSPS) is 15.0. The van der Waals surface area contributed by atoms with Crippen LogP contribution in [0.4, 0.5) is 5.69 Å². The van der Waals surface area contributed by atoms with Crippen LogP contribution in [0.25, 0.3) is 0 Å². The molecule has 0 fully saturated rings. The van der Waals surface area contributed by atoms with E-state index in [1.807, 2.05) is 4.90 Å². The smallest absolute Gasteiger partial charge is 0.227 e. The number of anilines is 1. The first kappa shape index (κ1) is 16.0. The highest BCUT2D eigenvalue weighted by molar-refractivity contribution is 5.94. The minimum atomic E-state index is 0.149. The summed E-state index contributed by atoms with van der Waals surface area (Å²) in [5.74, 6) is 0.255. The summed E-state index contributed by atoms with van der Waals surface area (Å²) in [6.45, 7) is 8.04. The number of benzene rings is 1. The predicted molar refractivity (Wildman–Crippen MR) is 88.5 cm³/mol. The Morgan fingerprint density at radius 3 is 2.81 bits per heavy atom. The molecule has 1 amide bonds. The van der Waals surface area contributed by atoms with Crippen molar-refractivity contribution in [2.24, 2.45) is 11.1 Å². The third-order valence-corrected chi connectivity index (χ3v) is 4.49. The second-order valence-electron chi connectivity index (χ2n) is 6.98. The molecule has 0 radical (unpaired) electrons. The quantitative estimate of drug-likeness (QED) is 0.902. The number of nitrogens with zero attached hydrogens (tertiary/aromatic N) is 1. The zero-order valence-corrected chi connectivity index (χ0v) is 13.6. The fourth-order valence-corrected chi connectivity index (χ4v) is 3.08. The molecule has 2 N–H and O–H groups in total. The molecule has 0 spiro atoms. The summed E-state index contributed by atoms with van der Waals surface area (Å²) in [6, 6.07) is 6.42. The Labute approximate surface area is 128 Å². The molecule has 0 saturated heterocycles. The van der Waals surface area contributed by atoms with Crippen LogP contribution in [0, 0.1) is 12.3 Å². The van der Waals surface area contributed by atoms with Gasteiger partial charge in [0.2, 0.25) is 5.91 Å². The summed E-state index contributed by atoms with van der Waals surface area (Å²) in [5, 5.41) is 0. The molecule has 1 aromatic rings. The van der Waals surface area contributed by atoms with Crippen molar-refractivity contribution in [2.75, 3.05) is 18.0 Å². The molecular formula is C18H28N2O. The maximum atomic E-state index is 12.6. The van der Waals surface area contributed by atoms with E-state index in [-0.39, 0.29) is 11.3 Å². The Hall–Kier alpha value is -1.35. The first-order valence-corrected chi connectivity index (χ1v) is 8.03. The van der Waals surface area contributed by atoms with Gasteiger partial charge in [-0.1, -0.05) is 31.5 Å². The topological polar surface area (TPSA) is 46.3 Å². The Morgan fingerprint density at radius 1 is 1.33 bits per heavy atom. The molecule has 1 aromatic carbocycles. The molecule has 0 bridgehead atoms. The zero-order valence-electron chi connectivity index (χ0n) is 13.6. The minimum absolute atomic E-state index is 0.149. The van der Waals surface area contributed by atoms with Crippen molar-refractivity contribution in [1.29, 1.82) is 0 Å². The van der Waals surface area contributed by atoms with E-state index in [9.17, 15) is 4.79 Å². The van der Waals surface area contributed by atoms with Gasteiger partial charge in [-0.15, -0.1) is 0 Å². The molecule has 3 nitrogen and oxygen atoms in total. The van der Waals surface area contributed by atoms with Crippen LogP contribution in [0.1, 0.15) is 50.7 Å². The predicted octanol–water partition coefficient (Wildman–Crippen LogP) is 3.43. The molecule has 0 unspecified atom stereocenters. The van der Waals surface area contributed by atoms with Crippen molar-refractivity contribution in [3.05, 3.63) is 29.3 Å². The number of carbonyl (C=O) groups excluding carboxylic acids is 1. The summed E-state index contributed by atoms with van der Waals surface area (Å²) in [4.78, 5) is 14.6. The lowest BCUT2D eigenvalue weighted by molar-refractivity contribution is -0.119. The minimum Gasteiger partial charge on any atom is -0.330 e. The van der Waals surface area contributed by atoms with Crippen LogP contribution in [0.3, 0.4) is 0 Å². The monoisotopic (exact) mass is 288 g/mol. The largest absolute Gasteiger partial charge is 0.330 e. The molecule has 0 atom stereocenters. The lowest BCUT2D eigenvalue weighted by Gasteiger charge is -2.31. The molecule has 0 saturated carbocycles. The fraction of sp³-hybridized carbons (Fsp3) is 0.611. The zero-order chi connectivity index (χ0) is 15.5. The van der Waals surface area contributed by atoms with Crippen LogP contribution in [0.2, 0.25) is 0 Å². The third-order valence-electron chi connectivity index (χ3n) is 4.49. The SMILES string of the molecule is Cc1ccc2c(c1)CCCN2C(=O)CCC(C)(C)CCN. The van der Waals surface area contributed by atoms with Crippen LogP contribution in [0.5, 0.6) is 0 Å². The van der Waals surface area contributed by atoms with Gasteiger partial charge in [-0.05, 0) is 56.2 Å². The third kappa shape index (κ3) is 4.07. The van der Waals surface area contributed by atoms with Crippen molar-refractivity contribution >= 4 is 11.6 Å². The van der Waals surface area contributed by atoms with E-state index in [1.165, 1.54) is 11.1 Å². The van der Waals surface area contributed by atoms with Gasteiger partial charge in [0.25, 0.3) is 0 Å². The van der Waals surface area contributed by atoms with Crippen LogP contribution < -0.4 is 10.6 Å². The van der Waals surface area contributed by atoms with Gasteiger partial charge in [-0.25, -0.2) is 0 Å². The van der Waals surface area contributed by atoms with E-state index in [4.69, 9.17) is 5.73 Å². The van der Waals surface area contributed by atoms with Crippen LogP contribution in [0.15, 0.2) is 18.2 Å². The van der Waals surface area contributed by atoms with Crippen molar-refractivity contribution in [1.82, 2.24) is 0 Å². The lowest BCUT2D eigenvalue weighted by atomic mass is 9.84. The van der Waals surface area contributed by atoms with Gasteiger partial charge in [-0.2, -0.15) is 0 Å². The van der Waals surface area contributed by atoms with Gasteiger partial charge in [0, 0.05) is 18.7 Å². The molecule has 1 heterocycles. The molecule has 0 aromatic heterocycles. The Bertz CT molecular complexity index is 508. The Kier molecular flexibility index (Phi) is 5.04.